The Balaban J connectivity index is 0.00000406. The molecule has 1 aliphatic heterocycles. The third-order valence-electron chi connectivity index (χ3n) is 11.4. The fraction of sp³-hybridized carbons (Fsp3) is 0.333. The molecular formula is C45H48O5. The normalized spacial score (nSPS) is 18.6. The van der Waals surface area contributed by atoms with Crippen molar-refractivity contribution in [3.8, 4) is 34.1 Å². The summed E-state index contributed by atoms with van der Waals surface area (Å²) in [6.07, 6.45) is 7.78. The average molecular weight is 670 g/mol. The lowest BCUT2D eigenvalue weighted by molar-refractivity contribution is 0.0642. The van der Waals surface area contributed by atoms with Gasteiger partial charge in [-0.3, -0.25) is 0 Å². The van der Waals surface area contributed by atoms with Crippen LogP contribution in [0.2, 0.25) is 0 Å². The van der Waals surface area contributed by atoms with E-state index in [9.17, 15) is 5.11 Å². The summed E-state index contributed by atoms with van der Waals surface area (Å²) in [6, 6.07) is 29.5. The molecule has 1 N–H and O–H groups in total. The molecule has 0 unspecified atom stereocenters. The molecule has 1 heterocycles. The molecule has 5 heteroatoms. The zero-order valence-electron chi connectivity index (χ0n) is 30.1. The molecule has 3 aliphatic rings. The number of aliphatic hydroxyl groups excluding tert-OH is 1. The van der Waals surface area contributed by atoms with Crippen LogP contribution >= 0.6 is 0 Å². The third-order valence-corrected chi connectivity index (χ3v) is 11.4. The van der Waals surface area contributed by atoms with Crippen molar-refractivity contribution in [2.45, 2.75) is 64.6 Å². The first-order chi connectivity index (χ1) is 24.0. The lowest BCUT2D eigenvalue weighted by Gasteiger charge is -2.52. The second kappa shape index (κ2) is 11.4. The highest BCUT2D eigenvalue weighted by Crippen LogP contribution is 2.67. The summed E-state index contributed by atoms with van der Waals surface area (Å²) in [5.74, 6) is 3.03. The molecule has 0 saturated heterocycles. The van der Waals surface area contributed by atoms with Crippen molar-refractivity contribution >= 4 is 16.8 Å². The van der Waals surface area contributed by atoms with E-state index in [4.69, 9.17) is 18.9 Å². The monoisotopic (exact) mass is 669 g/mol. The van der Waals surface area contributed by atoms with Gasteiger partial charge in [-0.25, -0.2) is 0 Å². The van der Waals surface area contributed by atoms with Gasteiger partial charge in [-0.1, -0.05) is 82.3 Å². The van der Waals surface area contributed by atoms with Crippen LogP contribution in [0, 0.1) is 10.8 Å². The standard InChI is InChI=1S/C45H46O5.H2/c1-42(2)25-43(3,4)27-44(26-42)37-11-9-8-10-33(37)39-35-22-28(24-46)38(49-7)23-36(35)41-34(40(39)44)20-21-45(50-41,29-12-16-31(47-5)17-13-29)30-14-18-32(48-6)19-15-30;/h8-23,46H,24-27H2,1-7H3;1H/i;1+1. The molecule has 50 heavy (non-hydrogen) atoms. The molecule has 5 aromatic carbocycles. The van der Waals surface area contributed by atoms with Crippen LogP contribution in [0.5, 0.6) is 23.0 Å². The van der Waals surface area contributed by atoms with Gasteiger partial charge in [-0.15, -0.1) is 0 Å². The molecule has 0 aromatic heterocycles. The van der Waals surface area contributed by atoms with Crippen molar-refractivity contribution in [3.05, 3.63) is 124 Å². The van der Waals surface area contributed by atoms with Gasteiger partial charge in [0.1, 0.15) is 23.0 Å². The van der Waals surface area contributed by atoms with E-state index in [2.05, 4.69) is 101 Å². The highest BCUT2D eigenvalue weighted by molar-refractivity contribution is 6.09. The van der Waals surface area contributed by atoms with Gasteiger partial charge < -0.3 is 24.1 Å². The molecule has 5 nitrogen and oxygen atoms in total. The quantitative estimate of drug-likeness (QED) is 0.195. The summed E-state index contributed by atoms with van der Waals surface area (Å²) < 4.78 is 24.6. The van der Waals surface area contributed by atoms with Crippen molar-refractivity contribution in [3.63, 3.8) is 0 Å². The minimum absolute atomic E-state index is 0. The Morgan fingerprint density at radius 2 is 1.32 bits per heavy atom. The Kier molecular flexibility index (Phi) is 7.40. The van der Waals surface area contributed by atoms with Crippen LogP contribution in [0.25, 0.3) is 28.0 Å². The predicted molar refractivity (Wildman–Crippen MR) is 203 cm³/mol. The average Bonchev–Trinajstić information content (AvgIpc) is 3.38. The minimum Gasteiger partial charge on any atom is -0.497 e. The van der Waals surface area contributed by atoms with Crippen molar-refractivity contribution in [1.29, 1.82) is 0 Å². The van der Waals surface area contributed by atoms with E-state index in [0.717, 1.165) is 69.5 Å². The van der Waals surface area contributed by atoms with Crippen molar-refractivity contribution in [2.24, 2.45) is 10.8 Å². The maximum Gasteiger partial charge on any atom is 0.178 e. The van der Waals surface area contributed by atoms with Gasteiger partial charge in [-0.05, 0) is 100 Å². The smallest absolute Gasteiger partial charge is 0.178 e. The molecular weight excluding hydrogens is 620 g/mol. The predicted octanol–water partition coefficient (Wildman–Crippen LogP) is 10.5. The molecule has 0 atom stereocenters. The third kappa shape index (κ3) is 4.77. The van der Waals surface area contributed by atoms with E-state index in [1.54, 1.807) is 21.3 Å². The summed E-state index contributed by atoms with van der Waals surface area (Å²) in [5.41, 5.74) is 8.15. The fourth-order valence-electron chi connectivity index (χ4n) is 10.2. The van der Waals surface area contributed by atoms with Gasteiger partial charge in [0.25, 0.3) is 0 Å². The largest absolute Gasteiger partial charge is 0.497 e. The Labute approximate surface area is 297 Å². The minimum atomic E-state index is -0.945. The van der Waals surface area contributed by atoms with Gasteiger partial charge >= 0.3 is 0 Å². The molecule has 1 spiro atoms. The first kappa shape index (κ1) is 32.5. The van der Waals surface area contributed by atoms with Crippen molar-refractivity contribution < 1.29 is 25.5 Å². The number of aliphatic hydroxyl groups is 1. The van der Waals surface area contributed by atoms with Gasteiger partial charge in [0.2, 0.25) is 0 Å². The van der Waals surface area contributed by atoms with Crippen LogP contribution in [0.3, 0.4) is 0 Å². The van der Waals surface area contributed by atoms with E-state index in [-0.39, 0.29) is 24.3 Å². The lowest BCUT2D eigenvalue weighted by Crippen LogP contribution is -2.44. The molecule has 5 aromatic rings. The van der Waals surface area contributed by atoms with Crippen LogP contribution < -0.4 is 18.9 Å². The van der Waals surface area contributed by atoms with Crippen LogP contribution in [-0.2, 0) is 17.6 Å². The maximum absolute atomic E-state index is 10.6. The molecule has 1 saturated carbocycles. The van der Waals surface area contributed by atoms with E-state index in [1.165, 1.54) is 22.3 Å². The van der Waals surface area contributed by atoms with E-state index >= 15 is 0 Å². The van der Waals surface area contributed by atoms with Crippen LogP contribution in [0.4, 0.5) is 0 Å². The number of methoxy groups -OCH3 is 3. The summed E-state index contributed by atoms with van der Waals surface area (Å²) in [5, 5.41) is 12.6. The molecule has 8 rings (SSSR count). The van der Waals surface area contributed by atoms with Gasteiger partial charge in [0.05, 0.1) is 27.9 Å². The number of fused-ring (bicyclic) bond motifs is 10. The molecule has 0 bridgehead atoms. The Bertz CT molecular complexity index is 2100. The van der Waals surface area contributed by atoms with Crippen LogP contribution in [0.15, 0.2) is 91.0 Å². The molecule has 0 radical (unpaired) electrons. The summed E-state index contributed by atoms with van der Waals surface area (Å²) in [6.45, 7) is 9.61. The van der Waals surface area contributed by atoms with E-state index in [1.807, 2.05) is 24.3 Å². The number of hydrogen-bond donors (Lipinski definition) is 1. The molecule has 258 valence electrons. The Morgan fingerprint density at radius 1 is 0.720 bits per heavy atom. The number of benzene rings is 5. The highest BCUT2D eigenvalue weighted by atomic mass is 16.5. The summed E-state index contributed by atoms with van der Waals surface area (Å²) >= 11 is 0. The first-order valence-corrected chi connectivity index (χ1v) is 17.6. The zero-order valence-corrected chi connectivity index (χ0v) is 30.1. The summed E-state index contributed by atoms with van der Waals surface area (Å²) in [4.78, 5) is 0. The molecule has 2 aliphatic carbocycles. The molecule has 1 fully saturated rings. The molecule has 0 amide bonds. The second-order valence-electron chi connectivity index (χ2n) is 16.0. The van der Waals surface area contributed by atoms with Crippen LogP contribution in [0.1, 0.15) is 81.8 Å². The summed E-state index contributed by atoms with van der Waals surface area (Å²) in [7, 11) is 5.03. The topological polar surface area (TPSA) is 57.2 Å². The highest BCUT2D eigenvalue weighted by Gasteiger charge is 2.55. The van der Waals surface area contributed by atoms with Crippen molar-refractivity contribution in [1.82, 2.24) is 0 Å². The van der Waals surface area contributed by atoms with Crippen molar-refractivity contribution in [2.75, 3.05) is 21.3 Å². The van der Waals surface area contributed by atoms with Gasteiger partial charge in [0, 0.05) is 34.5 Å². The van der Waals surface area contributed by atoms with E-state index < -0.39 is 5.60 Å². The maximum atomic E-state index is 10.6. The SMILES string of the molecule is COc1ccc(C2(c3ccc(OC)cc3)C=Cc3c4c(c5cc(CO)c(OC)cc5c3O2)-c2ccccc2C42CC(C)(C)CC(C)(C)C2)cc1.[2HH]. The second-order valence-corrected chi connectivity index (χ2v) is 16.0. The Hall–Kier alpha value is -4.74. The van der Waals surface area contributed by atoms with Gasteiger partial charge in [-0.2, -0.15) is 0 Å². The zero-order chi connectivity index (χ0) is 35.1. The number of hydrogen-bond acceptors (Lipinski definition) is 5. The Morgan fingerprint density at radius 3 is 1.88 bits per heavy atom. The number of rotatable bonds is 6. The first-order valence-electron chi connectivity index (χ1n) is 17.6. The number of ether oxygens (including phenoxy) is 4. The lowest BCUT2D eigenvalue weighted by atomic mass is 9.52. The van der Waals surface area contributed by atoms with Gasteiger partial charge in [0.15, 0.2) is 5.60 Å². The van der Waals surface area contributed by atoms with Crippen LogP contribution in [-0.4, -0.2) is 26.4 Å². The van der Waals surface area contributed by atoms with E-state index in [0.29, 0.717) is 5.75 Å². The fourth-order valence-corrected chi connectivity index (χ4v) is 10.2.